The number of anilines is 1. The van der Waals surface area contributed by atoms with Crippen molar-refractivity contribution in [2.24, 2.45) is 5.92 Å². The number of rotatable bonds is 9. The van der Waals surface area contributed by atoms with Crippen molar-refractivity contribution in [3.05, 3.63) is 17.8 Å². The third-order valence-electron chi connectivity index (χ3n) is 7.20. The number of hydrogen-bond acceptors (Lipinski definition) is 7. The summed E-state index contributed by atoms with van der Waals surface area (Å²) in [5, 5.41) is 3.15. The molecule has 8 nitrogen and oxygen atoms in total. The standard InChI is InChI=1S/C24H38N4O4/c1-30-22(31-2)17-21(29)26-20-5-3-18(4-6-20)8-11-27-12-14-28(15-13-27)24-23-19(7-10-25-24)9-16-32-23/h7,10,18,20,22H,3-6,8-9,11-17H2,1-2H3,(H,26,29). The fourth-order valence-corrected chi connectivity index (χ4v) is 5.16. The Bertz CT molecular complexity index is 742. The van der Waals surface area contributed by atoms with Crippen LogP contribution in [-0.2, 0) is 20.7 Å². The first-order valence-electron chi connectivity index (χ1n) is 12.1. The van der Waals surface area contributed by atoms with Crippen molar-refractivity contribution in [3.8, 4) is 5.75 Å². The van der Waals surface area contributed by atoms with Crippen molar-refractivity contribution in [2.75, 3.05) is 58.5 Å². The zero-order chi connectivity index (χ0) is 22.3. The number of fused-ring (bicyclic) bond motifs is 1. The fourth-order valence-electron chi connectivity index (χ4n) is 5.16. The summed E-state index contributed by atoms with van der Waals surface area (Å²) < 4.78 is 16.1. The lowest BCUT2D eigenvalue weighted by Gasteiger charge is -2.37. The van der Waals surface area contributed by atoms with Crippen molar-refractivity contribution < 1.29 is 19.0 Å². The minimum absolute atomic E-state index is 0.0176. The molecule has 2 aliphatic heterocycles. The van der Waals surface area contributed by atoms with Gasteiger partial charge in [-0.1, -0.05) is 0 Å². The number of piperazine rings is 1. The Labute approximate surface area is 191 Å². The number of methoxy groups -OCH3 is 2. The second-order valence-corrected chi connectivity index (χ2v) is 9.23. The second-order valence-electron chi connectivity index (χ2n) is 9.23. The Kier molecular flexibility index (Phi) is 8.21. The topological polar surface area (TPSA) is 76.2 Å². The number of pyridine rings is 1. The number of ether oxygens (including phenoxy) is 3. The molecule has 1 saturated heterocycles. The maximum absolute atomic E-state index is 12.2. The average Bonchev–Trinajstić information content (AvgIpc) is 3.31. The second kappa shape index (κ2) is 11.3. The van der Waals surface area contributed by atoms with Crippen LogP contribution >= 0.6 is 0 Å². The maximum atomic E-state index is 12.2. The van der Waals surface area contributed by atoms with Crippen LogP contribution in [0.4, 0.5) is 5.82 Å². The van der Waals surface area contributed by atoms with Crippen LogP contribution in [0.1, 0.15) is 44.1 Å². The highest BCUT2D eigenvalue weighted by Crippen LogP contribution is 2.34. The molecular formula is C24H38N4O4. The van der Waals surface area contributed by atoms with Crippen LogP contribution in [0.5, 0.6) is 5.75 Å². The molecule has 32 heavy (non-hydrogen) atoms. The van der Waals surface area contributed by atoms with E-state index in [-0.39, 0.29) is 12.3 Å². The van der Waals surface area contributed by atoms with Gasteiger partial charge in [0.2, 0.25) is 5.91 Å². The van der Waals surface area contributed by atoms with E-state index in [1.807, 2.05) is 6.20 Å². The first-order chi connectivity index (χ1) is 15.7. The van der Waals surface area contributed by atoms with Gasteiger partial charge in [0.05, 0.1) is 13.0 Å². The van der Waals surface area contributed by atoms with Crippen LogP contribution in [0.3, 0.4) is 0 Å². The maximum Gasteiger partial charge on any atom is 0.225 e. The van der Waals surface area contributed by atoms with Crippen molar-refractivity contribution >= 4 is 11.7 Å². The molecule has 2 fully saturated rings. The van der Waals surface area contributed by atoms with E-state index in [2.05, 4.69) is 26.2 Å². The summed E-state index contributed by atoms with van der Waals surface area (Å²) in [7, 11) is 3.12. The predicted molar refractivity (Wildman–Crippen MR) is 123 cm³/mol. The summed E-state index contributed by atoms with van der Waals surface area (Å²) >= 11 is 0. The number of hydrogen-bond donors (Lipinski definition) is 1. The van der Waals surface area contributed by atoms with Crippen molar-refractivity contribution in [1.29, 1.82) is 0 Å². The molecule has 3 heterocycles. The molecule has 1 aromatic heterocycles. The zero-order valence-corrected chi connectivity index (χ0v) is 19.6. The van der Waals surface area contributed by atoms with Gasteiger partial charge in [-0.3, -0.25) is 9.69 Å². The number of carbonyl (C=O) groups excluding carboxylic acids is 1. The van der Waals surface area contributed by atoms with E-state index in [0.29, 0.717) is 6.04 Å². The van der Waals surface area contributed by atoms with Crippen molar-refractivity contribution in [2.45, 2.75) is 57.3 Å². The van der Waals surface area contributed by atoms with Gasteiger partial charge in [0.25, 0.3) is 0 Å². The first-order valence-corrected chi connectivity index (χ1v) is 12.1. The molecule has 0 aromatic carbocycles. The molecule has 1 amide bonds. The van der Waals surface area contributed by atoms with Gasteiger partial charge in [0, 0.05) is 64.6 Å². The van der Waals surface area contributed by atoms with Crippen LogP contribution < -0.4 is 15.0 Å². The van der Waals surface area contributed by atoms with Gasteiger partial charge in [-0.05, 0) is 50.6 Å². The largest absolute Gasteiger partial charge is 0.489 e. The van der Waals surface area contributed by atoms with Crippen molar-refractivity contribution in [1.82, 2.24) is 15.2 Å². The van der Waals surface area contributed by atoms with E-state index in [9.17, 15) is 4.79 Å². The van der Waals surface area contributed by atoms with E-state index >= 15 is 0 Å². The highest BCUT2D eigenvalue weighted by atomic mass is 16.7. The lowest BCUT2D eigenvalue weighted by atomic mass is 9.84. The smallest absolute Gasteiger partial charge is 0.225 e. The molecule has 3 aliphatic rings. The van der Waals surface area contributed by atoms with Gasteiger partial charge in [-0.15, -0.1) is 0 Å². The molecule has 4 rings (SSSR count). The lowest BCUT2D eigenvalue weighted by Crippen LogP contribution is -2.47. The average molecular weight is 447 g/mol. The molecule has 1 saturated carbocycles. The van der Waals surface area contributed by atoms with Crippen LogP contribution in [0.25, 0.3) is 0 Å². The molecule has 0 bridgehead atoms. The number of amides is 1. The predicted octanol–water partition coefficient (Wildman–Crippen LogP) is 2.21. The Morgan fingerprint density at radius 1 is 1.19 bits per heavy atom. The summed E-state index contributed by atoms with van der Waals surface area (Å²) in [5.74, 6) is 2.82. The molecule has 178 valence electrons. The first kappa shape index (κ1) is 23.3. The molecule has 1 aromatic rings. The minimum Gasteiger partial charge on any atom is -0.489 e. The third-order valence-corrected chi connectivity index (χ3v) is 7.20. The monoisotopic (exact) mass is 446 g/mol. The minimum atomic E-state index is -0.460. The Hall–Kier alpha value is -1.90. The summed E-state index contributed by atoms with van der Waals surface area (Å²) in [5.41, 5.74) is 1.29. The normalized spacial score (nSPS) is 23.8. The van der Waals surface area contributed by atoms with Crippen LogP contribution in [0.15, 0.2) is 12.3 Å². The van der Waals surface area contributed by atoms with Gasteiger partial charge in [0.1, 0.15) is 0 Å². The van der Waals surface area contributed by atoms with E-state index in [0.717, 1.165) is 76.1 Å². The summed E-state index contributed by atoms with van der Waals surface area (Å²) in [4.78, 5) is 21.7. The number of carbonyl (C=O) groups is 1. The van der Waals surface area contributed by atoms with Gasteiger partial charge in [-0.2, -0.15) is 0 Å². The fraction of sp³-hybridized carbons (Fsp3) is 0.750. The molecule has 0 radical (unpaired) electrons. The molecule has 0 atom stereocenters. The van der Waals surface area contributed by atoms with Crippen molar-refractivity contribution in [3.63, 3.8) is 0 Å². The molecule has 0 spiro atoms. The quantitative estimate of drug-likeness (QED) is 0.583. The van der Waals surface area contributed by atoms with E-state index in [4.69, 9.17) is 14.2 Å². The van der Waals surface area contributed by atoms with E-state index in [1.165, 1.54) is 24.8 Å². The van der Waals surface area contributed by atoms with Gasteiger partial charge in [-0.25, -0.2) is 4.98 Å². The summed E-state index contributed by atoms with van der Waals surface area (Å²) in [6.45, 7) is 6.12. The van der Waals surface area contributed by atoms with E-state index < -0.39 is 6.29 Å². The summed E-state index contributed by atoms with van der Waals surface area (Å²) in [6, 6.07) is 2.37. The highest BCUT2D eigenvalue weighted by molar-refractivity contribution is 5.76. The van der Waals surface area contributed by atoms with Crippen LogP contribution in [0, 0.1) is 5.92 Å². The van der Waals surface area contributed by atoms with Crippen LogP contribution in [0.2, 0.25) is 0 Å². The third kappa shape index (κ3) is 5.91. The highest BCUT2D eigenvalue weighted by Gasteiger charge is 2.27. The zero-order valence-electron chi connectivity index (χ0n) is 19.6. The molecule has 0 unspecified atom stereocenters. The lowest BCUT2D eigenvalue weighted by molar-refractivity contribution is -0.140. The molecule has 8 heteroatoms. The number of nitrogens with zero attached hydrogens (tertiary/aromatic N) is 3. The van der Waals surface area contributed by atoms with Gasteiger partial charge >= 0.3 is 0 Å². The number of aromatic nitrogens is 1. The van der Waals surface area contributed by atoms with Crippen LogP contribution in [-0.4, -0.2) is 81.7 Å². The van der Waals surface area contributed by atoms with E-state index in [1.54, 1.807) is 14.2 Å². The SMILES string of the molecule is COC(CC(=O)NC1CCC(CCN2CCN(c3nccc4c3OCC4)CC2)CC1)OC. The Morgan fingerprint density at radius 2 is 1.94 bits per heavy atom. The molecule has 1 N–H and O–H groups in total. The summed E-state index contributed by atoms with van der Waals surface area (Å²) in [6.07, 6.45) is 8.49. The molecule has 1 aliphatic carbocycles. The Morgan fingerprint density at radius 3 is 2.66 bits per heavy atom. The van der Waals surface area contributed by atoms with Gasteiger partial charge < -0.3 is 24.4 Å². The number of nitrogens with one attached hydrogen (secondary N) is 1. The Balaban J connectivity index is 1.13. The van der Waals surface area contributed by atoms with Gasteiger partial charge in [0.15, 0.2) is 17.9 Å². The molecular weight excluding hydrogens is 408 g/mol.